The SMILES string of the molecule is OCc1cc(Cl)ccc1SCc1ccccc1. The number of benzene rings is 2. The second-order valence-corrected chi connectivity index (χ2v) is 5.14. The van der Waals surface area contributed by atoms with Gasteiger partial charge < -0.3 is 5.11 Å². The topological polar surface area (TPSA) is 20.2 Å². The Morgan fingerprint density at radius 3 is 2.53 bits per heavy atom. The maximum absolute atomic E-state index is 9.27. The predicted octanol–water partition coefficient (Wildman–Crippen LogP) is 4.12. The van der Waals surface area contributed by atoms with Crippen molar-refractivity contribution in [3.8, 4) is 0 Å². The third-order valence-electron chi connectivity index (χ3n) is 2.43. The Hall–Kier alpha value is -0.960. The van der Waals surface area contributed by atoms with Crippen LogP contribution in [0.2, 0.25) is 5.02 Å². The van der Waals surface area contributed by atoms with E-state index in [9.17, 15) is 5.11 Å². The normalized spacial score (nSPS) is 10.5. The van der Waals surface area contributed by atoms with E-state index in [1.54, 1.807) is 11.8 Å². The molecule has 0 heterocycles. The van der Waals surface area contributed by atoms with E-state index in [2.05, 4.69) is 12.1 Å². The number of aliphatic hydroxyl groups is 1. The lowest BCUT2D eigenvalue weighted by Gasteiger charge is -2.07. The van der Waals surface area contributed by atoms with Crippen LogP contribution in [0.15, 0.2) is 53.4 Å². The zero-order valence-electron chi connectivity index (χ0n) is 9.27. The Balaban J connectivity index is 2.09. The van der Waals surface area contributed by atoms with Crippen molar-refractivity contribution in [1.29, 1.82) is 0 Å². The smallest absolute Gasteiger partial charge is 0.0693 e. The Kier molecular flexibility index (Phi) is 4.49. The molecule has 0 aromatic heterocycles. The molecule has 2 rings (SSSR count). The van der Waals surface area contributed by atoms with E-state index in [4.69, 9.17) is 11.6 Å². The molecule has 0 amide bonds. The lowest BCUT2D eigenvalue weighted by atomic mass is 10.2. The van der Waals surface area contributed by atoms with E-state index in [1.807, 2.05) is 36.4 Å². The van der Waals surface area contributed by atoms with Gasteiger partial charge in [-0.25, -0.2) is 0 Å². The van der Waals surface area contributed by atoms with Gasteiger partial charge in [-0.1, -0.05) is 41.9 Å². The minimum atomic E-state index is 0.0255. The minimum Gasteiger partial charge on any atom is -0.392 e. The van der Waals surface area contributed by atoms with Gasteiger partial charge in [-0.05, 0) is 29.3 Å². The summed E-state index contributed by atoms with van der Waals surface area (Å²) in [6.45, 7) is 0.0255. The Morgan fingerprint density at radius 2 is 1.82 bits per heavy atom. The maximum Gasteiger partial charge on any atom is 0.0693 e. The second kappa shape index (κ2) is 6.10. The molecule has 0 radical (unpaired) electrons. The molecule has 0 saturated carbocycles. The number of halogens is 1. The second-order valence-electron chi connectivity index (χ2n) is 3.68. The van der Waals surface area contributed by atoms with Gasteiger partial charge >= 0.3 is 0 Å². The van der Waals surface area contributed by atoms with Crippen LogP contribution in [0.5, 0.6) is 0 Å². The zero-order valence-corrected chi connectivity index (χ0v) is 10.8. The molecule has 0 fully saturated rings. The van der Waals surface area contributed by atoms with Crippen molar-refractivity contribution in [2.45, 2.75) is 17.3 Å². The molecule has 0 aliphatic rings. The van der Waals surface area contributed by atoms with Crippen LogP contribution in [-0.2, 0) is 12.4 Å². The molecule has 0 bridgehead atoms. The van der Waals surface area contributed by atoms with Crippen molar-refractivity contribution in [2.24, 2.45) is 0 Å². The average molecular weight is 265 g/mol. The van der Waals surface area contributed by atoms with Gasteiger partial charge in [0.15, 0.2) is 0 Å². The first-order valence-corrected chi connectivity index (χ1v) is 6.72. The molecule has 0 unspecified atom stereocenters. The lowest BCUT2D eigenvalue weighted by Crippen LogP contribution is -1.88. The van der Waals surface area contributed by atoms with Crippen LogP contribution in [0.25, 0.3) is 0 Å². The molecule has 2 aromatic rings. The quantitative estimate of drug-likeness (QED) is 0.838. The molecule has 88 valence electrons. The fourth-order valence-electron chi connectivity index (χ4n) is 1.55. The zero-order chi connectivity index (χ0) is 12.1. The summed E-state index contributed by atoms with van der Waals surface area (Å²) >= 11 is 7.61. The monoisotopic (exact) mass is 264 g/mol. The first-order chi connectivity index (χ1) is 8.29. The van der Waals surface area contributed by atoms with Crippen molar-refractivity contribution in [3.05, 3.63) is 64.7 Å². The first-order valence-electron chi connectivity index (χ1n) is 5.35. The summed E-state index contributed by atoms with van der Waals surface area (Å²) in [7, 11) is 0. The number of thioether (sulfide) groups is 1. The first kappa shape index (κ1) is 12.5. The highest BCUT2D eigenvalue weighted by Crippen LogP contribution is 2.28. The van der Waals surface area contributed by atoms with Gasteiger partial charge in [0, 0.05) is 15.7 Å². The molecule has 1 N–H and O–H groups in total. The molecule has 0 atom stereocenters. The van der Waals surface area contributed by atoms with Crippen molar-refractivity contribution >= 4 is 23.4 Å². The Labute approximate surface area is 110 Å². The van der Waals surface area contributed by atoms with Gasteiger partial charge in [0.25, 0.3) is 0 Å². The minimum absolute atomic E-state index is 0.0255. The summed E-state index contributed by atoms with van der Waals surface area (Å²) in [5.41, 5.74) is 2.16. The highest BCUT2D eigenvalue weighted by Gasteiger charge is 2.03. The molecule has 2 aromatic carbocycles. The molecule has 0 aliphatic heterocycles. The summed E-state index contributed by atoms with van der Waals surface area (Å²) < 4.78 is 0. The van der Waals surface area contributed by atoms with Gasteiger partial charge in [0.1, 0.15) is 0 Å². The van der Waals surface area contributed by atoms with E-state index in [1.165, 1.54) is 5.56 Å². The molecule has 1 nitrogen and oxygen atoms in total. The number of rotatable bonds is 4. The molecule has 17 heavy (non-hydrogen) atoms. The van der Waals surface area contributed by atoms with E-state index in [-0.39, 0.29) is 6.61 Å². The van der Waals surface area contributed by atoms with E-state index < -0.39 is 0 Å². The molecule has 0 aliphatic carbocycles. The molecule has 3 heteroatoms. The summed E-state index contributed by atoms with van der Waals surface area (Å²) in [5.74, 6) is 0.898. The van der Waals surface area contributed by atoms with Crippen molar-refractivity contribution in [2.75, 3.05) is 0 Å². The highest BCUT2D eigenvalue weighted by molar-refractivity contribution is 7.98. The third-order valence-corrected chi connectivity index (χ3v) is 3.85. The van der Waals surface area contributed by atoms with E-state index in [0.717, 1.165) is 16.2 Å². The summed E-state index contributed by atoms with van der Waals surface area (Å²) in [5, 5.41) is 9.93. The Bertz CT molecular complexity index is 485. The van der Waals surface area contributed by atoms with Crippen LogP contribution in [0, 0.1) is 0 Å². The largest absolute Gasteiger partial charge is 0.392 e. The van der Waals surface area contributed by atoms with Crippen LogP contribution in [0.1, 0.15) is 11.1 Å². The van der Waals surface area contributed by atoms with Crippen molar-refractivity contribution < 1.29 is 5.11 Å². The standard InChI is InChI=1S/C14H13ClOS/c15-13-6-7-14(12(8-13)9-16)17-10-11-4-2-1-3-5-11/h1-8,16H,9-10H2. The van der Waals surface area contributed by atoms with Crippen LogP contribution in [0.4, 0.5) is 0 Å². The highest BCUT2D eigenvalue weighted by atomic mass is 35.5. The molecule has 0 spiro atoms. The van der Waals surface area contributed by atoms with E-state index in [0.29, 0.717) is 5.02 Å². The third kappa shape index (κ3) is 3.50. The van der Waals surface area contributed by atoms with Crippen molar-refractivity contribution in [3.63, 3.8) is 0 Å². The summed E-state index contributed by atoms with van der Waals surface area (Å²) in [4.78, 5) is 1.08. The number of hydrogen-bond acceptors (Lipinski definition) is 2. The summed E-state index contributed by atoms with van der Waals surface area (Å²) in [6, 6.07) is 15.9. The molecule has 0 saturated heterocycles. The van der Waals surface area contributed by atoms with Gasteiger partial charge in [0.2, 0.25) is 0 Å². The average Bonchev–Trinajstić information content (AvgIpc) is 2.38. The molecular weight excluding hydrogens is 252 g/mol. The van der Waals surface area contributed by atoms with Crippen LogP contribution in [-0.4, -0.2) is 5.11 Å². The number of aliphatic hydroxyl groups excluding tert-OH is 1. The van der Waals surface area contributed by atoms with E-state index >= 15 is 0 Å². The Morgan fingerprint density at radius 1 is 1.06 bits per heavy atom. The van der Waals surface area contributed by atoms with Gasteiger partial charge in [-0.2, -0.15) is 0 Å². The van der Waals surface area contributed by atoms with Gasteiger partial charge in [-0.15, -0.1) is 11.8 Å². The van der Waals surface area contributed by atoms with Crippen LogP contribution < -0.4 is 0 Å². The molecular formula is C14H13ClOS. The predicted molar refractivity (Wildman–Crippen MR) is 73.4 cm³/mol. The fourth-order valence-corrected chi connectivity index (χ4v) is 2.73. The summed E-state index contributed by atoms with van der Waals surface area (Å²) in [6.07, 6.45) is 0. The van der Waals surface area contributed by atoms with Gasteiger partial charge in [0.05, 0.1) is 6.61 Å². The fraction of sp³-hybridized carbons (Fsp3) is 0.143. The number of hydrogen-bond donors (Lipinski definition) is 1. The van der Waals surface area contributed by atoms with Gasteiger partial charge in [-0.3, -0.25) is 0 Å². The van der Waals surface area contributed by atoms with Crippen molar-refractivity contribution in [1.82, 2.24) is 0 Å². The maximum atomic E-state index is 9.27. The van der Waals surface area contributed by atoms with Crippen LogP contribution >= 0.6 is 23.4 Å². The lowest BCUT2D eigenvalue weighted by molar-refractivity contribution is 0.279. The van der Waals surface area contributed by atoms with Crippen LogP contribution in [0.3, 0.4) is 0 Å².